The van der Waals surface area contributed by atoms with Crippen LogP contribution >= 0.6 is 0 Å². The number of piperazine rings is 1. The molecule has 0 atom stereocenters. The van der Waals surface area contributed by atoms with Crippen LogP contribution in [0.2, 0.25) is 0 Å². The highest BCUT2D eigenvalue weighted by molar-refractivity contribution is 7.89. The maximum absolute atomic E-state index is 13.0. The van der Waals surface area contributed by atoms with Gasteiger partial charge >= 0.3 is 11.9 Å². The Morgan fingerprint density at radius 2 is 1.49 bits per heavy atom. The minimum absolute atomic E-state index is 0.0695. The van der Waals surface area contributed by atoms with Gasteiger partial charge in [-0.2, -0.15) is 4.31 Å². The molecule has 3 aromatic rings. The molecule has 11 nitrogen and oxygen atoms in total. The number of nitro benzene ring substituents is 1. The highest BCUT2D eigenvalue weighted by atomic mass is 32.2. The number of aliphatic carboxylic acids is 2. The predicted molar refractivity (Wildman–Crippen MR) is 126 cm³/mol. The van der Waals surface area contributed by atoms with E-state index in [9.17, 15) is 18.5 Å². The molecule has 3 aromatic carbocycles. The molecule has 0 radical (unpaired) electrons. The summed E-state index contributed by atoms with van der Waals surface area (Å²) < 4.78 is 27.6. The molecule has 0 bridgehead atoms. The van der Waals surface area contributed by atoms with Gasteiger partial charge in [0.25, 0.3) is 5.69 Å². The molecule has 35 heavy (non-hydrogen) atoms. The van der Waals surface area contributed by atoms with Crippen molar-refractivity contribution in [2.24, 2.45) is 0 Å². The number of hydrogen-bond donors (Lipinski definition) is 2. The molecule has 1 aliphatic heterocycles. The zero-order chi connectivity index (χ0) is 25.6. The van der Waals surface area contributed by atoms with E-state index in [2.05, 4.69) is 4.90 Å². The summed E-state index contributed by atoms with van der Waals surface area (Å²) >= 11 is 0. The van der Waals surface area contributed by atoms with Crippen LogP contribution in [0.1, 0.15) is 5.56 Å². The van der Waals surface area contributed by atoms with E-state index in [-0.39, 0.29) is 5.69 Å². The van der Waals surface area contributed by atoms with Crippen molar-refractivity contribution in [2.45, 2.75) is 11.4 Å². The number of sulfonamides is 1. The van der Waals surface area contributed by atoms with Crippen LogP contribution in [0, 0.1) is 10.1 Å². The second-order valence-electron chi connectivity index (χ2n) is 7.73. The van der Waals surface area contributed by atoms with E-state index in [1.165, 1.54) is 10.4 Å². The number of non-ortho nitro benzene ring substituents is 1. The number of rotatable bonds is 5. The van der Waals surface area contributed by atoms with E-state index in [0.29, 0.717) is 37.6 Å². The molecular formula is C23H23N3O8S. The number of fused-ring (bicyclic) bond motifs is 1. The highest BCUT2D eigenvalue weighted by Crippen LogP contribution is 2.23. The van der Waals surface area contributed by atoms with Gasteiger partial charge in [-0.25, -0.2) is 18.0 Å². The second kappa shape index (κ2) is 11.0. The molecule has 1 fully saturated rings. The van der Waals surface area contributed by atoms with Crippen molar-refractivity contribution in [3.63, 3.8) is 0 Å². The standard InChI is InChI=1S/C21H21N3O4S.C2H2O4/c25-24(26)20-7-3-4-17(14-20)16-22-10-12-23(13-11-22)29(27,28)21-9-8-18-5-1-2-6-19(18)15-21;3-1(4)2(5)6/h1-9,14-15H,10-13,16H2;(H,3,4)(H,5,6). The summed E-state index contributed by atoms with van der Waals surface area (Å²) in [6.07, 6.45) is 0. The lowest BCUT2D eigenvalue weighted by Crippen LogP contribution is -2.48. The maximum Gasteiger partial charge on any atom is 0.414 e. The van der Waals surface area contributed by atoms with Crippen molar-refractivity contribution in [2.75, 3.05) is 26.2 Å². The average molecular weight is 502 g/mol. The van der Waals surface area contributed by atoms with Gasteiger partial charge in [-0.3, -0.25) is 15.0 Å². The van der Waals surface area contributed by atoms with Crippen molar-refractivity contribution in [3.8, 4) is 0 Å². The van der Waals surface area contributed by atoms with Gasteiger partial charge in [0.05, 0.1) is 9.82 Å². The van der Waals surface area contributed by atoms with Crippen LogP contribution in [0.25, 0.3) is 10.8 Å². The van der Waals surface area contributed by atoms with Crippen molar-refractivity contribution in [1.82, 2.24) is 9.21 Å². The van der Waals surface area contributed by atoms with E-state index in [0.717, 1.165) is 16.3 Å². The summed E-state index contributed by atoms with van der Waals surface area (Å²) in [7, 11) is -3.55. The topological polar surface area (TPSA) is 158 Å². The van der Waals surface area contributed by atoms with Crippen molar-refractivity contribution < 1.29 is 33.1 Å². The van der Waals surface area contributed by atoms with Crippen LogP contribution in [0.15, 0.2) is 71.6 Å². The normalized spacial score (nSPS) is 14.6. The Morgan fingerprint density at radius 1 is 0.857 bits per heavy atom. The van der Waals surface area contributed by atoms with Crippen LogP contribution in [0.5, 0.6) is 0 Å². The lowest BCUT2D eigenvalue weighted by molar-refractivity contribution is -0.384. The highest BCUT2D eigenvalue weighted by Gasteiger charge is 2.28. The average Bonchev–Trinajstić information content (AvgIpc) is 2.84. The lowest BCUT2D eigenvalue weighted by atomic mass is 10.1. The molecule has 1 aliphatic rings. The Balaban J connectivity index is 0.000000509. The van der Waals surface area contributed by atoms with E-state index < -0.39 is 26.9 Å². The van der Waals surface area contributed by atoms with Crippen LogP contribution in [0.4, 0.5) is 5.69 Å². The summed E-state index contributed by atoms with van der Waals surface area (Å²) in [6.45, 7) is 2.50. The van der Waals surface area contributed by atoms with Gasteiger partial charge < -0.3 is 10.2 Å². The third kappa shape index (κ3) is 6.59. The molecule has 1 heterocycles. The van der Waals surface area contributed by atoms with Gasteiger partial charge in [0.2, 0.25) is 10.0 Å². The number of nitro groups is 1. The first-order valence-corrected chi connectivity index (χ1v) is 11.9. The summed E-state index contributed by atoms with van der Waals surface area (Å²) in [5, 5.41) is 27.6. The molecule has 0 aliphatic carbocycles. The number of carbonyl (C=O) groups is 2. The fourth-order valence-electron chi connectivity index (χ4n) is 3.63. The largest absolute Gasteiger partial charge is 0.473 e. The molecule has 0 saturated carbocycles. The number of carboxylic acids is 2. The zero-order valence-electron chi connectivity index (χ0n) is 18.5. The maximum atomic E-state index is 13.0. The van der Waals surface area contributed by atoms with Crippen LogP contribution in [0.3, 0.4) is 0 Å². The van der Waals surface area contributed by atoms with Crippen molar-refractivity contribution in [3.05, 3.63) is 82.4 Å². The Bertz CT molecular complexity index is 1340. The van der Waals surface area contributed by atoms with Gasteiger partial charge in [-0.1, -0.05) is 42.5 Å². The van der Waals surface area contributed by atoms with Crippen molar-refractivity contribution >= 4 is 38.4 Å². The SMILES string of the molecule is O=C(O)C(=O)O.O=[N+]([O-])c1cccc(CN2CCN(S(=O)(=O)c3ccc4ccccc4c3)CC2)c1. The second-order valence-corrected chi connectivity index (χ2v) is 9.66. The first kappa shape index (κ1) is 25.7. The zero-order valence-corrected chi connectivity index (χ0v) is 19.3. The van der Waals surface area contributed by atoms with Gasteiger partial charge in [0, 0.05) is 44.9 Å². The van der Waals surface area contributed by atoms with Gasteiger partial charge in [-0.05, 0) is 28.5 Å². The van der Waals surface area contributed by atoms with E-state index in [1.807, 2.05) is 36.4 Å². The van der Waals surface area contributed by atoms with Crippen LogP contribution in [-0.2, 0) is 26.2 Å². The first-order chi connectivity index (χ1) is 16.6. The number of carboxylic acid groups (broad SMARTS) is 2. The monoisotopic (exact) mass is 501 g/mol. The molecule has 1 saturated heterocycles. The Hall–Kier alpha value is -3.87. The molecule has 2 N–H and O–H groups in total. The summed E-state index contributed by atoms with van der Waals surface area (Å²) in [5.41, 5.74) is 0.921. The van der Waals surface area contributed by atoms with Gasteiger partial charge in [0.1, 0.15) is 0 Å². The van der Waals surface area contributed by atoms with Crippen molar-refractivity contribution in [1.29, 1.82) is 0 Å². The fourth-order valence-corrected chi connectivity index (χ4v) is 5.09. The molecule has 12 heteroatoms. The summed E-state index contributed by atoms with van der Waals surface area (Å²) in [5.74, 6) is -3.65. The lowest BCUT2D eigenvalue weighted by Gasteiger charge is -2.34. The third-order valence-electron chi connectivity index (χ3n) is 5.40. The smallest absolute Gasteiger partial charge is 0.414 e. The quantitative estimate of drug-likeness (QED) is 0.304. The predicted octanol–water partition coefficient (Wildman–Crippen LogP) is 2.41. The molecule has 0 amide bonds. The Labute approximate surface area is 201 Å². The van der Waals surface area contributed by atoms with E-state index in [1.54, 1.807) is 24.3 Å². The molecular weight excluding hydrogens is 478 g/mol. The Kier molecular flexibility index (Phi) is 8.12. The summed E-state index contributed by atoms with van der Waals surface area (Å²) in [4.78, 5) is 31.2. The number of benzene rings is 3. The molecule has 184 valence electrons. The minimum Gasteiger partial charge on any atom is -0.473 e. The molecule has 0 aromatic heterocycles. The van der Waals surface area contributed by atoms with E-state index >= 15 is 0 Å². The minimum atomic E-state index is -3.55. The number of hydrogen-bond acceptors (Lipinski definition) is 7. The molecule has 0 spiro atoms. The van der Waals surface area contributed by atoms with Crippen LogP contribution in [-0.4, -0.2) is 70.9 Å². The molecule has 4 rings (SSSR count). The van der Waals surface area contributed by atoms with E-state index in [4.69, 9.17) is 19.8 Å². The van der Waals surface area contributed by atoms with Gasteiger partial charge in [0.15, 0.2) is 0 Å². The first-order valence-electron chi connectivity index (χ1n) is 10.5. The van der Waals surface area contributed by atoms with Gasteiger partial charge in [-0.15, -0.1) is 0 Å². The molecule has 0 unspecified atom stereocenters. The Morgan fingerprint density at radius 3 is 2.09 bits per heavy atom. The van der Waals surface area contributed by atoms with Crippen LogP contribution < -0.4 is 0 Å². The summed E-state index contributed by atoms with van der Waals surface area (Å²) in [6, 6.07) is 19.5. The number of nitrogens with zero attached hydrogens (tertiary/aromatic N) is 3. The third-order valence-corrected chi connectivity index (χ3v) is 7.30. The fraction of sp³-hybridized carbons (Fsp3) is 0.217.